The Morgan fingerprint density at radius 3 is 2.62 bits per heavy atom. The van der Waals surface area contributed by atoms with Gasteiger partial charge in [0.1, 0.15) is 11.5 Å². The smallest absolute Gasteiger partial charge is 0.237 e. The lowest BCUT2D eigenvalue weighted by Gasteiger charge is -2.17. The first kappa shape index (κ1) is 18.0. The lowest BCUT2D eigenvalue weighted by atomic mass is 10.2. The maximum absolute atomic E-state index is 12.6. The molecule has 24 heavy (non-hydrogen) atoms. The molecule has 0 aliphatic carbocycles. The van der Waals surface area contributed by atoms with Gasteiger partial charge >= 0.3 is 0 Å². The molecule has 0 fully saturated rings. The van der Waals surface area contributed by atoms with E-state index in [1.165, 1.54) is 11.8 Å². The number of nitrogens with one attached hydrogen (secondary N) is 1. The van der Waals surface area contributed by atoms with Crippen LogP contribution in [0.4, 0.5) is 11.4 Å². The van der Waals surface area contributed by atoms with Crippen LogP contribution >= 0.6 is 11.8 Å². The van der Waals surface area contributed by atoms with Crippen molar-refractivity contribution in [1.82, 2.24) is 0 Å². The Bertz CT molecular complexity index is 706. The Labute approximate surface area is 146 Å². The second-order valence-corrected chi connectivity index (χ2v) is 6.42. The van der Waals surface area contributed by atoms with Gasteiger partial charge in [-0.05, 0) is 36.8 Å². The summed E-state index contributed by atoms with van der Waals surface area (Å²) in [6.07, 6.45) is 0.698. The summed E-state index contributed by atoms with van der Waals surface area (Å²) in [4.78, 5) is 13.6. The minimum absolute atomic E-state index is 0.0756. The van der Waals surface area contributed by atoms with Crippen LogP contribution < -0.4 is 20.5 Å². The number of amides is 1. The third-order valence-corrected chi connectivity index (χ3v) is 4.82. The summed E-state index contributed by atoms with van der Waals surface area (Å²) >= 11 is 1.49. The third kappa shape index (κ3) is 4.58. The number of nitrogens with two attached hydrogens (primary N) is 1. The van der Waals surface area contributed by atoms with Crippen molar-refractivity contribution in [2.24, 2.45) is 0 Å². The molecule has 0 heterocycles. The molecule has 2 rings (SSSR count). The van der Waals surface area contributed by atoms with Gasteiger partial charge in [0.05, 0.1) is 25.2 Å². The predicted octanol–water partition coefficient (Wildman–Crippen LogP) is 3.80. The molecule has 0 radical (unpaired) electrons. The standard InChI is InChI=1S/C18H22N2O3S/c1-4-17(24-14-7-5-6-12(19)10-14)18(21)20-15-9-8-13(22-2)11-16(15)23-3/h5-11,17H,4,19H2,1-3H3,(H,20,21). The fourth-order valence-corrected chi connectivity index (χ4v) is 3.21. The minimum Gasteiger partial charge on any atom is -0.497 e. The maximum atomic E-state index is 12.6. The van der Waals surface area contributed by atoms with Crippen molar-refractivity contribution >= 4 is 29.0 Å². The summed E-state index contributed by atoms with van der Waals surface area (Å²) in [5, 5.41) is 2.70. The number of ether oxygens (including phenoxy) is 2. The molecule has 0 aromatic heterocycles. The zero-order valence-electron chi connectivity index (χ0n) is 14.0. The van der Waals surface area contributed by atoms with Gasteiger partial charge in [0.2, 0.25) is 5.91 Å². The van der Waals surface area contributed by atoms with Crippen molar-refractivity contribution in [3.63, 3.8) is 0 Å². The lowest BCUT2D eigenvalue weighted by molar-refractivity contribution is -0.115. The van der Waals surface area contributed by atoms with E-state index in [2.05, 4.69) is 5.32 Å². The highest BCUT2D eigenvalue weighted by molar-refractivity contribution is 8.00. The van der Waals surface area contributed by atoms with Gasteiger partial charge in [0, 0.05) is 16.6 Å². The molecule has 1 amide bonds. The Morgan fingerprint density at radius 2 is 2.00 bits per heavy atom. The fraction of sp³-hybridized carbons (Fsp3) is 0.278. The topological polar surface area (TPSA) is 73.6 Å². The van der Waals surface area contributed by atoms with Crippen molar-refractivity contribution in [2.75, 3.05) is 25.3 Å². The van der Waals surface area contributed by atoms with Crippen LogP contribution in [-0.2, 0) is 4.79 Å². The molecule has 2 aromatic rings. The molecule has 5 nitrogen and oxygen atoms in total. The van der Waals surface area contributed by atoms with E-state index in [0.29, 0.717) is 29.3 Å². The van der Waals surface area contributed by atoms with Crippen molar-refractivity contribution in [3.8, 4) is 11.5 Å². The van der Waals surface area contributed by atoms with Crippen LogP contribution in [0.15, 0.2) is 47.4 Å². The van der Waals surface area contributed by atoms with E-state index >= 15 is 0 Å². The van der Waals surface area contributed by atoms with Crippen LogP contribution in [0.25, 0.3) is 0 Å². The molecule has 0 spiro atoms. The molecule has 1 unspecified atom stereocenters. The average Bonchev–Trinajstić information content (AvgIpc) is 2.59. The molecule has 0 aliphatic heterocycles. The highest BCUT2D eigenvalue weighted by Crippen LogP contribution is 2.31. The van der Waals surface area contributed by atoms with E-state index in [9.17, 15) is 4.79 Å². The first-order chi connectivity index (χ1) is 11.6. The van der Waals surface area contributed by atoms with E-state index in [0.717, 1.165) is 4.90 Å². The summed E-state index contributed by atoms with van der Waals surface area (Å²) in [5.74, 6) is 1.16. The number of hydrogen-bond acceptors (Lipinski definition) is 5. The highest BCUT2D eigenvalue weighted by atomic mass is 32.2. The zero-order chi connectivity index (χ0) is 17.5. The largest absolute Gasteiger partial charge is 0.497 e. The second kappa shape index (κ2) is 8.49. The van der Waals surface area contributed by atoms with Crippen LogP contribution in [0.3, 0.4) is 0 Å². The molecular formula is C18H22N2O3S. The van der Waals surface area contributed by atoms with Crippen LogP contribution in [-0.4, -0.2) is 25.4 Å². The summed E-state index contributed by atoms with van der Waals surface area (Å²) in [6, 6.07) is 12.8. The molecule has 0 saturated heterocycles. The Kier molecular flexibility index (Phi) is 6.37. The summed E-state index contributed by atoms with van der Waals surface area (Å²) < 4.78 is 10.5. The quantitative estimate of drug-likeness (QED) is 0.589. The number of carbonyl (C=O) groups excluding carboxylic acids is 1. The van der Waals surface area contributed by atoms with Crippen molar-refractivity contribution < 1.29 is 14.3 Å². The Hall–Kier alpha value is -2.34. The SMILES string of the molecule is CCC(Sc1cccc(N)c1)C(=O)Nc1ccc(OC)cc1OC. The van der Waals surface area contributed by atoms with E-state index in [1.54, 1.807) is 32.4 Å². The molecule has 0 bridgehead atoms. The molecule has 2 aromatic carbocycles. The summed E-state index contributed by atoms with van der Waals surface area (Å²) in [5.41, 5.74) is 7.11. The number of nitrogen functional groups attached to an aromatic ring is 1. The fourth-order valence-electron chi connectivity index (χ4n) is 2.19. The third-order valence-electron chi connectivity index (χ3n) is 3.47. The van der Waals surface area contributed by atoms with Crippen LogP contribution in [0.5, 0.6) is 11.5 Å². The number of anilines is 2. The molecule has 128 valence electrons. The number of hydrogen-bond donors (Lipinski definition) is 2. The molecule has 3 N–H and O–H groups in total. The van der Waals surface area contributed by atoms with Crippen molar-refractivity contribution in [2.45, 2.75) is 23.5 Å². The molecule has 6 heteroatoms. The van der Waals surface area contributed by atoms with E-state index < -0.39 is 0 Å². The van der Waals surface area contributed by atoms with Gasteiger partial charge in [-0.15, -0.1) is 11.8 Å². The van der Waals surface area contributed by atoms with Gasteiger partial charge in [-0.3, -0.25) is 4.79 Å². The van der Waals surface area contributed by atoms with Crippen LogP contribution in [0, 0.1) is 0 Å². The van der Waals surface area contributed by atoms with Crippen molar-refractivity contribution in [1.29, 1.82) is 0 Å². The number of rotatable bonds is 7. The van der Waals surface area contributed by atoms with Gasteiger partial charge in [0.25, 0.3) is 0 Å². The monoisotopic (exact) mass is 346 g/mol. The van der Waals surface area contributed by atoms with Gasteiger partial charge in [0.15, 0.2) is 0 Å². The highest BCUT2D eigenvalue weighted by Gasteiger charge is 2.19. The normalized spacial score (nSPS) is 11.6. The molecule has 0 saturated carbocycles. The van der Waals surface area contributed by atoms with E-state index in [1.807, 2.05) is 31.2 Å². The van der Waals surface area contributed by atoms with Gasteiger partial charge in [-0.25, -0.2) is 0 Å². The number of carbonyl (C=O) groups is 1. The zero-order valence-corrected chi connectivity index (χ0v) is 14.9. The van der Waals surface area contributed by atoms with E-state index in [-0.39, 0.29) is 11.2 Å². The van der Waals surface area contributed by atoms with Gasteiger partial charge < -0.3 is 20.5 Å². The minimum atomic E-state index is -0.224. The molecule has 0 aliphatic rings. The first-order valence-electron chi connectivity index (χ1n) is 7.62. The average molecular weight is 346 g/mol. The summed E-state index contributed by atoms with van der Waals surface area (Å²) in [7, 11) is 3.14. The Balaban J connectivity index is 2.12. The maximum Gasteiger partial charge on any atom is 0.237 e. The van der Waals surface area contributed by atoms with Crippen LogP contribution in [0.2, 0.25) is 0 Å². The van der Waals surface area contributed by atoms with E-state index in [4.69, 9.17) is 15.2 Å². The summed E-state index contributed by atoms with van der Waals surface area (Å²) in [6.45, 7) is 1.98. The number of thioether (sulfide) groups is 1. The first-order valence-corrected chi connectivity index (χ1v) is 8.50. The Morgan fingerprint density at radius 1 is 1.21 bits per heavy atom. The lowest BCUT2D eigenvalue weighted by Crippen LogP contribution is -2.24. The number of benzene rings is 2. The predicted molar refractivity (Wildman–Crippen MR) is 99.0 cm³/mol. The van der Waals surface area contributed by atoms with Crippen LogP contribution in [0.1, 0.15) is 13.3 Å². The number of methoxy groups -OCH3 is 2. The van der Waals surface area contributed by atoms with Crippen molar-refractivity contribution in [3.05, 3.63) is 42.5 Å². The molecular weight excluding hydrogens is 324 g/mol. The van der Waals surface area contributed by atoms with Gasteiger partial charge in [-0.2, -0.15) is 0 Å². The second-order valence-electron chi connectivity index (χ2n) is 5.14. The molecule has 1 atom stereocenters. The van der Waals surface area contributed by atoms with Gasteiger partial charge in [-0.1, -0.05) is 13.0 Å².